The Kier molecular flexibility index (Phi) is 5.37. The molecule has 0 aliphatic carbocycles. The van der Waals surface area contributed by atoms with Crippen LogP contribution in [0, 0.1) is 12.7 Å². The van der Waals surface area contributed by atoms with Gasteiger partial charge in [0.1, 0.15) is 11.6 Å². The summed E-state index contributed by atoms with van der Waals surface area (Å²) in [6.07, 6.45) is 0. The topological polar surface area (TPSA) is 81.8 Å². The van der Waals surface area contributed by atoms with Crippen molar-refractivity contribution in [3.63, 3.8) is 0 Å². The van der Waals surface area contributed by atoms with E-state index in [2.05, 4.69) is 15.4 Å². The summed E-state index contributed by atoms with van der Waals surface area (Å²) in [5.74, 6) is -0.279. The van der Waals surface area contributed by atoms with Crippen molar-refractivity contribution in [2.24, 2.45) is 7.05 Å². The van der Waals surface area contributed by atoms with E-state index in [1.165, 1.54) is 16.7 Å². The molecule has 0 bridgehead atoms. The van der Waals surface area contributed by atoms with Crippen LogP contribution in [0.25, 0.3) is 16.6 Å². The largest absolute Gasteiger partial charge is 0.310 e. The zero-order valence-electron chi connectivity index (χ0n) is 16.3. The molecule has 0 atom stereocenters. The van der Waals surface area contributed by atoms with Crippen LogP contribution < -0.4 is 10.9 Å². The number of fused-ring (bicyclic) bond motifs is 1. The molecule has 2 heterocycles. The van der Waals surface area contributed by atoms with Gasteiger partial charge < -0.3 is 5.32 Å². The van der Waals surface area contributed by atoms with Crippen LogP contribution in [0.4, 0.5) is 10.2 Å². The number of rotatable bonds is 5. The summed E-state index contributed by atoms with van der Waals surface area (Å²) in [7, 11) is 1.73. The number of aryl methyl sites for hydroxylation is 2. The number of thioether (sulfide) groups is 1. The third-order valence-electron chi connectivity index (χ3n) is 4.44. The molecular formula is C21H18FN5O2S. The molecule has 2 aromatic heterocycles. The fourth-order valence-corrected chi connectivity index (χ4v) is 3.90. The Morgan fingerprint density at radius 3 is 2.63 bits per heavy atom. The van der Waals surface area contributed by atoms with Gasteiger partial charge in [0.05, 0.1) is 28.0 Å². The number of nitrogens with zero attached hydrogens (tertiary/aromatic N) is 4. The molecule has 0 saturated heterocycles. The van der Waals surface area contributed by atoms with E-state index < -0.39 is 11.4 Å². The first-order chi connectivity index (χ1) is 14.4. The normalized spacial score (nSPS) is 11.0. The first-order valence-electron chi connectivity index (χ1n) is 9.14. The second-order valence-corrected chi connectivity index (χ2v) is 7.58. The second kappa shape index (κ2) is 8.11. The zero-order valence-corrected chi connectivity index (χ0v) is 17.1. The molecule has 4 rings (SSSR count). The molecule has 0 aliphatic heterocycles. The highest BCUT2D eigenvalue weighted by Gasteiger charge is 2.17. The lowest BCUT2D eigenvalue weighted by atomic mass is 10.2. The number of carbonyl (C=O) groups excluding carboxylic acids is 1. The standard InChI is InChI=1S/C21H18FN5O2S/c1-13-11-18(26(2)25-13)24-19(28)12-30-21-23-16-9-5-3-7-14(16)20(29)27(21)17-10-6-4-8-15(17)22/h3-11H,12H2,1-2H3,(H,24,28). The third-order valence-corrected chi connectivity index (χ3v) is 5.38. The minimum absolute atomic E-state index is 0.0105. The number of nitrogens with one attached hydrogen (secondary N) is 1. The third kappa shape index (κ3) is 3.84. The molecule has 9 heteroatoms. The van der Waals surface area contributed by atoms with Crippen molar-refractivity contribution >= 4 is 34.4 Å². The van der Waals surface area contributed by atoms with Crippen molar-refractivity contribution in [2.45, 2.75) is 12.1 Å². The van der Waals surface area contributed by atoms with E-state index in [1.54, 1.807) is 54.2 Å². The van der Waals surface area contributed by atoms with Gasteiger partial charge in [0.25, 0.3) is 5.56 Å². The Labute approximate surface area is 175 Å². The minimum atomic E-state index is -0.548. The lowest BCUT2D eigenvalue weighted by Gasteiger charge is -2.13. The van der Waals surface area contributed by atoms with Crippen molar-refractivity contribution in [2.75, 3.05) is 11.1 Å². The zero-order chi connectivity index (χ0) is 21.3. The summed E-state index contributed by atoms with van der Waals surface area (Å²) >= 11 is 1.06. The van der Waals surface area contributed by atoms with Crippen LogP contribution in [-0.4, -0.2) is 31.0 Å². The average molecular weight is 423 g/mol. The maximum Gasteiger partial charge on any atom is 0.266 e. The molecule has 0 aliphatic rings. The van der Waals surface area contributed by atoms with Crippen LogP contribution in [-0.2, 0) is 11.8 Å². The van der Waals surface area contributed by atoms with Crippen LogP contribution in [0.3, 0.4) is 0 Å². The van der Waals surface area contributed by atoms with Crippen LogP contribution >= 0.6 is 11.8 Å². The first-order valence-corrected chi connectivity index (χ1v) is 10.1. The van der Waals surface area contributed by atoms with Gasteiger partial charge in [0.2, 0.25) is 5.91 Å². The Morgan fingerprint density at radius 1 is 1.17 bits per heavy atom. The van der Waals surface area contributed by atoms with E-state index in [-0.39, 0.29) is 22.5 Å². The molecule has 152 valence electrons. The first kappa shape index (κ1) is 19.8. The number of carbonyl (C=O) groups is 1. The van der Waals surface area contributed by atoms with Gasteiger partial charge in [-0.3, -0.25) is 18.8 Å². The smallest absolute Gasteiger partial charge is 0.266 e. The fraction of sp³-hybridized carbons (Fsp3) is 0.143. The van der Waals surface area contributed by atoms with E-state index in [1.807, 2.05) is 6.92 Å². The van der Waals surface area contributed by atoms with Gasteiger partial charge in [0.15, 0.2) is 5.16 Å². The number of para-hydroxylation sites is 2. The molecule has 0 unspecified atom stereocenters. The molecular weight excluding hydrogens is 405 g/mol. The number of hydrogen-bond acceptors (Lipinski definition) is 5. The highest BCUT2D eigenvalue weighted by atomic mass is 32.2. The Hall–Kier alpha value is -3.46. The Morgan fingerprint density at radius 2 is 1.90 bits per heavy atom. The van der Waals surface area contributed by atoms with Crippen molar-refractivity contribution in [3.8, 4) is 5.69 Å². The summed E-state index contributed by atoms with van der Waals surface area (Å²) in [4.78, 5) is 30.1. The maximum atomic E-state index is 14.5. The summed E-state index contributed by atoms with van der Waals surface area (Å²) in [6, 6.07) is 14.6. The van der Waals surface area contributed by atoms with Gasteiger partial charge in [-0.1, -0.05) is 36.0 Å². The van der Waals surface area contributed by atoms with Crippen LogP contribution in [0.5, 0.6) is 0 Å². The number of halogens is 1. The Bertz CT molecular complexity index is 1310. The number of anilines is 1. The quantitative estimate of drug-likeness (QED) is 0.393. The van der Waals surface area contributed by atoms with Crippen molar-refractivity contribution in [1.29, 1.82) is 0 Å². The predicted molar refractivity (Wildman–Crippen MR) is 115 cm³/mol. The van der Waals surface area contributed by atoms with Gasteiger partial charge in [-0.15, -0.1) is 0 Å². The lowest BCUT2D eigenvalue weighted by Crippen LogP contribution is -2.24. The SMILES string of the molecule is Cc1cc(NC(=O)CSc2nc3ccccc3c(=O)n2-c2ccccc2F)n(C)n1. The number of aromatic nitrogens is 4. The van der Waals surface area contributed by atoms with Crippen molar-refractivity contribution in [1.82, 2.24) is 19.3 Å². The molecule has 0 fully saturated rings. The van der Waals surface area contributed by atoms with Gasteiger partial charge in [0, 0.05) is 13.1 Å². The summed E-state index contributed by atoms with van der Waals surface area (Å²) in [5, 5.41) is 7.57. The summed E-state index contributed by atoms with van der Waals surface area (Å²) < 4.78 is 17.3. The number of amides is 1. The molecule has 7 nitrogen and oxygen atoms in total. The van der Waals surface area contributed by atoms with E-state index in [9.17, 15) is 14.0 Å². The van der Waals surface area contributed by atoms with Crippen LogP contribution in [0.2, 0.25) is 0 Å². The highest BCUT2D eigenvalue weighted by Crippen LogP contribution is 2.23. The molecule has 0 radical (unpaired) electrons. The Balaban J connectivity index is 1.70. The summed E-state index contributed by atoms with van der Waals surface area (Å²) in [6.45, 7) is 1.83. The van der Waals surface area contributed by atoms with E-state index in [0.717, 1.165) is 17.5 Å². The van der Waals surface area contributed by atoms with Gasteiger partial charge in [-0.2, -0.15) is 5.10 Å². The van der Waals surface area contributed by atoms with Crippen molar-refractivity contribution in [3.05, 3.63) is 76.5 Å². The molecule has 30 heavy (non-hydrogen) atoms. The highest BCUT2D eigenvalue weighted by molar-refractivity contribution is 7.99. The van der Waals surface area contributed by atoms with E-state index in [0.29, 0.717) is 16.7 Å². The van der Waals surface area contributed by atoms with Gasteiger partial charge in [-0.25, -0.2) is 9.37 Å². The monoisotopic (exact) mass is 423 g/mol. The molecule has 2 aromatic carbocycles. The second-order valence-electron chi connectivity index (χ2n) is 6.63. The van der Waals surface area contributed by atoms with Gasteiger partial charge >= 0.3 is 0 Å². The fourth-order valence-electron chi connectivity index (χ4n) is 3.09. The average Bonchev–Trinajstić information content (AvgIpc) is 3.04. The van der Waals surface area contributed by atoms with E-state index in [4.69, 9.17) is 0 Å². The lowest BCUT2D eigenvalue weighted by molar-refractivity contribution is -0.113. The van der Waals surface area contributed by atoms with Gasteiger partial charge in [-0.05, 0) is 31.2 Å². The number of hydrogen-bond donors (Lipinski definition) is 1. The summed E-state index contributed by atoms with van der Waals surface area (Å²) in [5.41, 5.74) is 0.965. The maximum absolute atomic E-state index is 14.5. The van der Waals surface area contributed by atoms with Crippen LogP contribution in [0.1, 0.15) is 5.69 Å². The molecule has 1 amide bonds. The number of benzene rings is 2. The van der Waals surface area contributed by atoms with E-state index >= 15 is 0 Å². The van der Waals surface area contributed by atoms with Crippen LogP contribution in [0.15, 0.2) is 64.5 Å². The molecule has 0 spiro atoms. The minimum Gasteiger partial charge on any atom is -0.310 e. The van der Waals surface area contributed by atoms with Crippen molar-refractivity contribution < 1.29 is 9.18 Å². The molecule has 0 saturated carbocycles. The molecule has 4 aromatic rings. The predicted octanol–water partition coefficient (Wildman–Crippen LogP) is 3.30. The molecule has 1 N–H and O–H groups in total.